The van der Waals surface area contributed by atoms with Crippen LogP contribution in [0.4, 0.5) is 0 Å². The quantitative estimate of drug-likeness (QED) is 0.163. The van der Waals surface area contributed by atoms with Crippen LogP contribution >= 0.6 is 0 Å². The second-order valence-electron chi connectivity index (χ2n) is 14.3. The van der Waals surface area contributed by atoms with Crippen molar-refractivity contribution in [3.63, 3.8) is 0 Å². The molecule has 0 amide bonds. The molecule has 0 saturated heterocycles. The number of hydrogen-bond donors (Lipinski definition) is 0. The predicted octanol–water partition coefficient (Wildman–Crippen LogP) is 12.6. The van der Waals surface area contributed by atoms with Crippen LogP contribution < -0.4 is 4.74 Å². The minimum absolute atomic E-state index is 0.538. The minimum atomic E-state index is -0.630. The topological polar surface area (TPSA) is 71.7 Å². The van der Waals surface area contributed by atoms with Crippen LogP contribution in [0.25, 0.3) is 56.4 Å². The van der Waals surface area contributed by atoms with E-state index in [1.54, 1.807) is 0 Å². The fourth-order valence-electron chi connectivity index (χ4n) is 8.13. The highest BCUT2D eigenvalue weighted by Gasteiger charge is 2.45. The first-order valence-corrected chi connectivity index (χ1v) is 19.2. The van der Waals surface area contributed by atoms with E-state index in [9.17, 15) is 5.26 Å². The van der Waals surface area contributed by atoms with Crippen molar-refractivity contribution >= 4 is 0 Å². The molecule has 1 aliphatic heterocycles. The van der Waals surface area contributed by atoms with Gasteiger partial charge in [-0.25, -0.2) is 15.0 Å². The van der Waals surface area contributed by atoms with Gasteiger partial charge in [-0.1, -0.05) is 176 Å². The summed E-state index contributed by atoms with van der Waals surface area (Å²) < 4.78 is 6.81. The van der Waals surface area contributed by atoms with Crippen molar-refractivity contribution in [3.05, 3.63) is 234 Å². The standard InChI is InChI=1S/C53H34N4O/c54-35-36-23-25-38(26-24-36)39-27-29-40(30-28-39)50-55-51(42-16-12-15-41(33-42)37-13-4-1-5-14-37)57-52(56-50)43-31-32-47-49(34-43)58-48-22-11-10-21-46(48)53(47,44-17-6-2-7-18-44)45-19-8-3-9-20-45/h1-34H. The minimum Gasteiger partial charge on any atom is -0.457 e. The van der Waals surface area contributed by atoms with E-state index in [1.165, 1.54) is 0 Å². The Morgan fingerprint density at radius 1 is 0.362 bits per heavy atom. The molecule has 5 heteroatoms. The number of rotatable bonds is 7. The van der Waals surface area contributed by atoms with Crippen LogP contribution in [0.5, 0.6) is 11.5 Å². The number of nitrogens with zero attached hydrogens (tertiary/aromatic N) is 4. The summed E-state index contributed by atoms with van der Waals surface area (Å²) >= 11 is 0. The predicted molar refractivity (Wildman–Crippen MR) is 230 cm³/mol. The van der Waals surface area contributed by atoms with E-state index >= 15 is 0 Å². The van der Waals surface area contributed by atoms with Crippen LogP contribution in [-0.2, 0) is 5.41 Å². The van der Waals surface area contributed by atoms with Crippen molar-refractivity contribution in [2.75, 3.05) is 0 Å². The molecule has 0 atom stereocenters. The zero-order chi connectivity index (χ0) is 38.9. The van der Waals surface area contributed by atoms with Crippen molar-refractivity contribution in [2.24, 2.45) is 0 Å². The van der Waals surface area contributed by atoms with Crippen molar-refractivity contribution in [1.29, 1.82) is 5.26 Å². The second-order valence-corrected chi connectivity index (χ2v) is 14.3. The summed E-state index contributed by atoms with van der Waals surface area (Å²) in [5.74, 6) is 3.21. The first-order valence-electron chi connectivity index (χ1n) is 19.2. The summed E-state index contributed by atoms with van der Waals surface area (Å²) in [5, 5.41) is 9.28. The van der Waals surface area contributed by atoms with Crippen molar-refractivity contribution in [3.8, 4) is 74.0 Å². The Bertz CT molecular complexity index is 2920. The van der Waals surface area contributed by atoms with Gasteiger partial charge >= 0.3 is 0 Å². The fraction of sp³-hybridized carbons (Fsp3) is 0.0189. The van der Waals surface area contributed by atoms with E-state index in [4.69, 9.17) is 19.7 Å². The average molecular weight is 743 g/mol. The van der Waals surface area contributed by atoms with Gasteiger partial charge in [0.1, 0.15) is 11.5 Å². The van der Waals surface area contributed by atoms with Crippen molar-refractivity contribution < 1.29 is 4.74 Å². The molecule has 8 aromatic carbocycles. The Balaban J connectivity index is 1.14. The Hall–Kier alpha value is -7.94. The second kappa shape index (κ2) is 14.6. The smallest absolute Gasteiger partial charge is 0.164 e. The van der Waals surface area contributed by atoms with Gasteiger partial charge in [0, 0.05) is 27.8 Å². The Morgan fingerprint density at radius 2 is 0.810 bits per heavy atom. The lowest BCUT2D eigenvalue weighted by molar-refractivity contribution is 0.434. The number of aromatic nitrogens is 3. The third-order valence-electron chi connectivity index (χ3n) is 10.9. The normalized spacial score (nSPS) is 12.4. The van der Waals surface area contributed by atoms with Crippen LogP contribution in [0.3, 0.4) is 0 Å². The van der Waals surface area contributed by atoms with Gasteiger partial charge in [-0.3, -0.25) is 0 Å². The molecule has 10 rings (SSSR count). The molecule has 0 fully saturated rings. The zero-order valence-corrected chi connectivity index (χ0v) is 31.3. The molecule has 1 aliphatic rings. The third kappa shape index (κ3) is 6.10. The lowest BCUT2D eigenvalue weighted by Gasteiger charge is -2.41. The summed E-state index contributed by atoms with van der Waals surface area (Å²) in [5.41, 5.74) is 11.2. The van der Waals surface area contributed by atoms with Gasteiger partial charge < -0.3 is 4.74 Å². The molecule has 2 heterocycles. The largest absolute Gasteiger partial charge is 0.457 e. The van der Waals surface area contributed by atoms with E-state index in [0.717, 1.165) is 72.7 Å². The monoisotopic (exact) mass is 742 g/mol. The highest BCUT2D eigenvalue weighted by atomic mass is 16.5. The van der Waals surface area contributed by atoms with Gasteiger partial charge in [0.05, 0.1) is 17.0 Å². The maximum absolute atomic E-state index is 9.28. The number of benzene rings is 8. The molecule has 0 saturated carbocycles. The number of fused-ring (bicyclic) bond motifs is 2. The number of para-hydroxylation sites is 1. The molecule has 0 unspecified atom stereocenters. The molecule has 0 N–H and O–H groups in total. The molecular formula is C53H34N4O. The van der Waals surface area contributed by atoms with E-state index in [1.807, 2.05) is 78.9 Å². The lowest BCUT2D eigenvalue weighted by atomic mass is 9.63. The molecule has 0 radical (unpaired) electrons. The lowest BCUT2D eigenvalue weighted by Crippen LogP contribution is -2.34. The molecule has 0 spiro atoms. The zero-order valence-electron chi connectivity index (χ0n) is 31.3. The SMILES string of the molecule is N#Cc1ccc(-c2ccc(-c3nc(-c4cccc(-c5ccccc5)c4)nc(-c4ccc5c(c4)Oc4ccccc4C5(c4ccccc4)c4ccccc4)n3)cc2)cc1. The first-order chi connectivity index (χ1) is 28.7. The highest BCUT2D eigenvalue weighted by molar-refractivity contribution is 5.76. The third-order valence-corrected chi connectivity index (χ3v) is 10.9. The van der Waals surface area contributed by atoms with Crippen LogP contribution in [0, 0.1) is 11.3 Å². The Kier molecular flexibility index (Phi) is 8.70. The number of hydrogen-bond acceptors (Lipinski definition) is 5. The van der Waals surface area contributed by atoms with Crippen LogP contribution in [0.15, 0.2) is 206 Å². The highest BCUT2D eigenvalue weighted by Crippen LogP contribution is 2.55. The fourth-order valence-corrected chi connectivity index (χ4v) is 8.13. The Morgan fingerprint density at radius 3 is 1.45 bits per heavy atom. The molecule has 9 aromatic rings. The van der Waals surface area contributed by atoms with Crippen LogP contribution in [-0.4, -0.2) is 15.0 Å². The first kappa shape index (κ1) is 34.5. The van der Waals surface area contributed by atoms with E-state index in [-0.39, 0.29) is 0 Å². The molecule has 0 aliphatic carbocycles. The molecule has 58 heavy (non-hydrogen) atoms. The summed E-state index contributed by atoms with van der Waals surface area (Å²) in [6.07, 6.45) is 0. The Labute approximate surface area is 337 Å². The summed E-state index contributed by atoms with van der Waals surface area (Å²) in [6, 6.07) is 72.7. The average Bonchev–Trinajstić information content (AvgIpc) is 3.31. The van der Waals surface area contributed by atoms with Crippen molar-refractivity contribution in [1.82, 2.24) is 15.0 Å². The van der Waals surface area contributed by atoms with Gasteiger partial charge in [-0.05, 0) is 63.7 Å². The summed E-state index contributed by atoms with van der Waals surface area (Å²) in [4.78, 5) is 15.4. The molecule has 5 nitrogen and oxygen atoms in total. The van der Waals surface area contributed by atoms with Gasteiger partial charge in [-0.15, -0.1) is 0 Å². The van der Waals surface area contributed by atoms with Crippen LogP contribution in [0.2, 0.25) is 0 Å². The van der Waals surface area contributed by atoms with Gasteiger partial charge in [0.25, 0.3) is 0 Å². The maximum Gasteiger partial charge on any atom is 0.164 e. The molecule has 0 bridgehead atoms. The molecule has 272 valence electrons. The van der Waals surface area contributed by atoms with Gasteiger partial charge in [-0.2, -0.15) is 5.26 Å². The number of ether oxygens (including phenoxy) is 1. The number of nitriles is 1. The maximum atomic E-state index is 9.28. The van der Waals surface area contributed by atoms with E-state index in [0.29, 0.717) is 23.0 Å². The van der Waals surface area contributed by atoms with Gasteiger partial charge in [0.15, 0.2) is 17.5 Å². The van der Waals surface area contributed by atoms with Gasteiger partial charge in [0.2, 0.25) is 0 Å². The molecule has 1 aromatic heterocycles. The summed E-state index contributed by atoms with van der Waals surface area (Å²) in [6.45, 7) is 0. The molecular weight excluding hydrogens is 709 g/mol. The summed E-state index contributed by atoms with van der Waals surface area (Å²) in [7, 11) is 0. The van der Waals surface area contributed by atoms with E-state index in [2.05, 4.69) is 133 Å². The van der Waals surface area contributed by atoms with Crippen molar-refractivity contribution in [2.45, 2.75) is 5.41 Å². The van der Waals surface area contributed by atoms with E-state index < -0.39 is 5.41 Å². The van der Waals surface area contributed by atoms with Crippen LogP contribution in [0.1, 0.15) is 27.8 Å².